The van der Waals surface area contributed by atoms with Crippen molar-refractivity contribution in [2.75, 3.05) is 0 Å². The lowest BCUT2D eigenvalue weighted by atomic mass is 9.78. The van der Waals surface area contributed by atoms with Crippen molar-refractivity contribution in [1.29, 1.82) is 0 Å². The highest BCUT2D eigenvalue weighted by atomic mass is 127. The Kier molecular flexibility index (Phi) is 7.26. The molecule has 1 aliphatic rings. The summed E-state index contributed by atoms with van der Waals surface area (Å²) in [5, 5.41) is 0.234. The molecule has 0 aromatic heterocycles. The first kappa shape index (κ1) is 19.8. The van der Waals surface area contributed by atoms with E-state index in [1.165, 1.54) is 17.8 Å². The molecule has 0 unspecified atom stereocenters. The van der Waals surface area contributed by atoms with Crippen molar-refractivity contribution in [1.82, 2.24) is 0 Å². The predicted octanol–water partition coefficient (Wildman–Crippen LogP) is 6.67. The van der Waals surface area contributed by atoms with Crippen LogP contribution in [-0.2, 0) is 4.43 Å². The van der Waals surface area contributed by atoms with Crippen LogP contribution >= 0.6 is 22.6 Å². The van der Waals surface area contributed by atoms with Gasteiger partial charge in [0.1, 0.15) is 0 Å². The van der Waals surface area contributed by atoms with E-state index >= 15 is 0 Å². The molecule has 0 saturated carbocycles. The van der Waals surface area contributed by atoms with E-state index in [1.807, 2.05) is 6.08 Å². The summed E-state index contributed by atoms with van der Waals surface area (Å²) in [6.45, 7) is 17.9. The van der Waals surface area contributed by atoms with Crippen molar-refractivity contribution < 1.29 is 4.43 Å². The fourth-order valence-electron chi connectivity index (χ4n) is 2.76. The van der Waals surface area contributed by atoms with E-state index in [2.05, 4.69) is 79.8 Å². The Morgan fingerprint density at radius 2 is 2.05 bits per heavy atom. The first-order valence-corrected chi connectivity index (χ1v) is 12.2. The molecule has 0 heterocycles. The average molecular weight is 430 g/mol. The van der Waals surface area contributed by atoms with E-state index in [0.29, 0.717) is 11.8 Å². The van der Waals surface area contributed by atoms with Gasteiger partial charge in [0, 0.05) is 35.4 Å². The van der Waals surface area contributed by atoms with E-state index in [-0.39, 0.29) is 5.04 Å². The lowest BCUT2D eigenvalue weighted by Gasteiger charge is -2.41. The number of rotatable bonds is 5. The Balaban J connectivity index is 3.16. The highest BCUT2D eigenvalue weighted by molar-refractivity contribution is 14.1. The molecule has 22 heavy (non-hydrogen) atoms. The van der Waals surface area contributed by atoms with Crippen LogP contribution < -0.4 is 0 Å². The lowest BCUT2D eigenvalue weighted by Crippen LogP contribution is -2.41. The summed E-state index contributed by atoms with van der Waals surface area (Å²) in [6.07, 6.45) is 6.19. The van der Waals surface area contributed by atoms with Crippen molar-refractivity contribution in [3.8, 4) is 9.85 Å². The second kappa shape index (κ2) is 8.05. The standard InChI is InChI=1S/C19H31IOSi/c1-8-10-17-16(11-9-12-20)13-15(2)14-18(17)21-22(6,7)19(3,4)5/h8,15-16H,1,10-11,13-14H2,2-7H3/t15-,16-/m1/s1. The zero-order chi connectivity index (χ0) is 17.0. The zero-order valence-electron chi connectivity index (χ0n) is 15.1. The van der Waals surface area contributed by atoms with Gasteiger partial charge in [0.15, 0.2) is 0 Å². The third-order valence-corrected chi connectivity index (χ3v) is 9.79. The second-order valence-corrected chi connectivity index (χ2v) is 13.3. The summed E-state index contributed by atoms with van der Waals surface area (Å²) in [6, 6.07) is 0. The minimum absolute atomic E-state index is 0.234. The van der Waals surface area contributed by atoms with Gasteiger partial charge in [-0.25, -0.2) is 0 Å². The van der Waals surface area contributed by atoms with E-state index < -0.39 is 8.32 Å². The predicted molar refractivity (Wildman–Crippen MR) is 108 cm³/mol. The van der Waals surface area contributed by atoms with Gasteiger partial charge in [-0.2, -0.15) is 0 Å². The topological polar surface area (TPSA) is 9.23 Å². The number of halogens is 1. The average Bonchev–Trinajstić information content (AvgIpc) is 2.38. The molecule has 0 amide bonds. The maximum absolute atomic E-state index is 6.71. The van der Waals surface area contributed by atoms with Crippen LogP contribution in [0.15, 0.2) is 24.0 Å². The minimum atomic E-state index is -1.78. The summed E-state index contributed by atoms with van der Waals surface area (Å²) in [4.78, 5) is 0. The SMILES string of the molecule is C=CCC1=C(O[Si](C)(C)C(C)(C)C)C[C@H](C)C[C@H]1CC#CI. The molecule has 1 nitrogen and oxygen atoms in total. The molecule has 0 aromatic rings. The van der Waals surface area contributed by atoms with Crippen LogP contribution in [0.4, 0.5) is 0 Å². The largest absolute Gasteiger partial charge is 0.547 e. The number of allylic oxidation sites excluding steroid dienone is 3. The molecule has 0 bridgehead atoms. The quantitative estimate of drug-likeness (QED) is 0.205. The van der Waals surface area contributed by atoms with Crippen LogP contribution in [0.1, 0.15) is 53.4 Å². The molecule has 0 saturated heterocycles. The highest BCUT2D eigenvalue weighted by Gasteiger charge is 2.41. The Bertz CT molecular complexity index is 488. The van der Waals surface area contributed by atoms with Crippen LogP contribution in [0.5, 0.6) is 0 Å². The molecule has 2 atom stereocenters. The van der Waals surface area contributed by atoms with Gasteiger partial charge in [-0.3, -0.25) is 0 Å². The Labute approximate surface area is 152 Å². The van der Waals surface area contributed by atoms with Crippen molar-refractivity contribution >= 4 is 30.9 Å². The zero-order valence-corrected chi connectivity index (χ0v) is 18.2. The summed E-state index contributed by atoms with van der Waals surface area (Å²) in [5.41, 5.74) is 1.46. The number of hydrogen-bond donors (Lipinski definition) is 0. The smallest absolute Gasteiger partial charge is 0.250 e. The third-order valence-electron chi connectivity index (χ3n) is 5.04. The first-order valence-electron chi connectivity index (χ1n) is 8.22. The molecular weight excluding hydrogens is 399 g/mol. The molecule has 1 aliphatic carbocycles. The fraction of sp³-hybridized carbons (Fsp3) is 0.684. The van der Waals surface area contributed by atoms with Gasteiger partial charge in [-0.1, -0.05) is 39.7 Å². The summed E-state index contributed by atoms with van der Waals surface area (Å²) >= 11 is 2.13. The highest BCUT2D eigenvalue weighted by Crippen LogP contribution is 2.43. The van der Waals surface area contributed by atoms with Crippen LogP contribution in [-0.4, -0.2) is 8.32 Å². The van der Waals surface area contributed by atoms with Crippen molar-refractivity contribution in [3.63, 3.8) is 0 Å². The van der Waals surface area contributed by atoms with Gasteiger partial charge in [0.2, 0.25) is 8.32 Å². The normalized spacial score (nSPS) is 22.9. The molecule has 0 aliphatic heterocycles. The van der Waals surface area contributed by atoms with Crippen LogP contribution in [0, 0.1) is 21.7 Å². The minimum Gasteiger partial charge on any atom is -0.547 e. The summed E-state index contributed by atoms with van der Waals surface area (Å²) < 4.78 is 9.73. The summed E-state index contributed by atoms with van der Waals surface area (Å²) in [7, 11) is -1.78. The van der Waals surface area contributed by atoms with Gasteiger partial charge >= 0.3 is 0 Å². The van der Waals surface area contributed by atoms with Crippen LogP contribution in [0.3, 0.4) is 0 Å². The molecule has 3 heteroatoms. The maximum Gasteiger partial charge on any atom is 0.250 e. The maximum atomic E-state index is 6.71. The Morgan fingerprint density at radius 3 is 2.55 bits per heavy atom. The molecule has 0 fully saturated rings. The van der Waals surface area contributed by atoms with Gasteiger partial charge in [0.25, 0.3) is 0 Å². The fourth-order valence-corrected chi connectivity index (χ4v) is 4.12. The molecular formula is C19H31IOSi. The van der Waals surface area contributed by atoms with Crippen LogP contribution in [0.2, 0.25) is 18.1 Å². The Morgan fingerprint density at radius 1 is 1.41 bits per heavy atom. The van der Waals surface area contributed by atoms with E-state index in [9.17, 15) is 0 Å². The first-order chi connectivity index (χ1) is 10.1. The molecule has 0 aromatic carbocycles. The van der Waals surface area contributed by atoms with Crippen molar-refractivity contribution in [3.05, 3.63) is 24.0 Å². The van der Waals surface area contributed by atoms with Crippen molar-refractivity contribution in [2.24, 2.45) is 11.8 Å². The van der Waals surface area contributed by atoms with Gasteiger partial charge in [0.05, 0.1) is 5.76 Å². The van der Waals surface area contributed by atoms with Crippen molar-refractivity contribution in [2.45, 2.75) is 71.5 Å². The van der Waals surface area contributed by atoms with E-state index in [4.69, 9.17) is 4.43 Å². The molecule has 124 valence electrons. The third kappa shape index (κ3) is 5.16. The van der Waals surface area contributed by atoms with Gasteiger partial charge in [-0.15, -0.1) is 6.58 Å². The molecule has 1 rings (SSSR count). The van der Waals surface area contributed by atoms with Gasteiger partial charge < -0.3 is 4.43 Å². The van der Waals surface area contributed by atoms with E-state index in [1.54, 1.807) is 0 Å². The molecule has 0 spiro atoms. The Hall–Kier alpha value is -0.213. The monoisotopic (exact) mass is 430 g/mol. The molecule has 0 N–H and O–H groups in total. The molecule has 0 radical (unpaired) electrons. The van der Waals surface area contributed by atoms with Gasteiger partial charge in [-0.05, 0) is 52.3 Å². The summed E-state index contributed by atoms with van der Waals surface area (Å²) in [5.74, 6) is 5.73. The van der Waals surface area contributed by atoms with E-state index in [0.717, 1.165) is 19.3 Å². The van der Waals surface area contributed by atoms with Crippen LogP contribution in [0.25, 0.3) is 0 Å². The lowest BCUT2D eigenvalue weighted by molar-refractivity contribution is 0.283. The second-order valence-electron chi connectivity index (χ2n) is 8.02. The number of hydrogen-bond acceptors (Lipinski definition) is 1.